The van der Waals surface area contributed by atoms with E-state index in [2.05, 4.69) is 15.6 Å². The van der Waals surface area contributed by atoms with Gasteiger partial charge in [-0.05, 0) is 20.8 Å². The molecular formula is C9H21N3OS. The van der Waals surface area contributed by atoms with Gasteiger partial charge in [0.1, 0.15) is 0 Å². The zero-order valence-corrected chi connectivity index (χ0v) is 10.5. The van der Waals surface area contributed by atoms with Crippen LogP contribution in [-0.2, 0) is 10.8 Å². The second-order valence-corrected chi connectivity index (χ2v) is 6.24. The highest BCUT2D eigenvalue weighted by molar-refractivity contribution is 7.86. The summed E-state index contributed by atoms with van der Waals surface area (Å²) in [6.45, 7) is 6.62. The monoisotopic (exact) mass is 219 g/mol. The second-order valence-electron chi connectivity index (χ2n) is 3.91. The van der Waals surface area contributed by atoms with E-state index < -0.39 is 10.8 Å². The Kier molecular flexibility index (Phi) is 5.76. The van der Waals surface area contributed by atoms with Crippen LogP contribution in [0.5, 0.6) is 0 Å². The molecule has 0 aromatic heterocycles. The zero-order valence-electron chi connectivity index (χ0n) is 9.68. The Morgan fingerprint density at radius 1 is 1.43 bits per heavy atom. The third-order valence-corrected chi connectivity index (χ3v) is 3.66. The van der Waals surface area contributed by atoms with Gasteiger partial charge in [0.05, 0.1) is 0 Å². The van der Waals surface area contributed by atoms with Gasteiger partial charge in [-0.1, -0.05) is 0 Å². The Bertz CT molecular complexity index is 221. The van der Waals surface area contributed by atoms with Gasteiger partial charge in [0.2, 0.25) is 0 Å². The maximum atomic E-state index is 11.6. The molecule has 0 fully saturated rings. The number of nitrogens with one attached hydrogen (secondary N) is 2. The van der Waals surface area contributed by atoms with E-state index in [1.54, 1.807) is 14.1 Å². The van der Waals surface area contributed by atoms with Crippen LogP contribution in [0, 0.1) is 0 Å². The van der Waals surface area contributed by atoms with E-state index >= 15 is 0 Å². The molecule has 84 valence electrons. The molecule has 0 saturated heterocycles. The SMILES string of the molecule is CN=C(NC)NCCS(=O)C(C)(C)C. The van der Waals surface area contributed by atoms with Crippen LogP contribution in [0.2, 0.25) is 0 Å². The van der Waals surface area contributed by atoms with Crippen LogP contribution in [0.1, 0.15) is 20.8 Å². The smallest absolute Gasteiger partial charge is 0.190 e. The van der Waals surface area contributed by atoms with Crippen molar-refractivity contribution in [1.29, 1.82) is 0 Å². The molecule has 0 aliphatic heterocycles. The van der Waals surface area contributed by atoms with Crippen LogP contribution >= 0.6 is 0 Å². The van der Waals surface area contributed by atoms with Crippen LogP contribution in [0.25, 0.3) is 0 Å². The van der Waals surface area contributed by atoms with Crippen molar-refractivity contribution in [1.82, 2.24) is 10.6 Å². The third-order valence-electron chi connectivity index (χ3n) is 1.72. The van der Waals surface area contributed by atoms with Crippen molar-refractivity contribution in [2.75, 3.05) is 26.4 Å². The standard InChI is InChI=1S/C9H21N3OS/c1-9(2,3)14(13)7-6-12-8(10-4)11-5/h6-7H2,1-5H3,(H2,10,11,12). The minimum Gasteiger partial charge on any atom is -0.359 e. The summed E-state index contributed by atoms with van der Waals surface area (Å²) in [5.74, 6) is 1.38. The van der Waals surface area contributed by atoms with Crippen molar-refractivity contribution >= 4 is 16.8 Å². The van der Waals surface area contributed by atoms with Crippen molar-refractivity contribution in [3.63, 3.8) is 0 Å². The van der Waals surface area contributed by atoms with Gasteiger partial charge >= 0.3 is 0 Å². The molecule has 2 N–H and O–H groups in total. The number of hydrogen-bond donors (Lipinski definition) is 2. The number of guanidine groups is 1. The fourth-order valence-electron chi connectivity index (χ4n) is 0.848. The average molecular weight is 219 g/mol. The molecular weight excluding hydrogens is 198 g/mol. The lowest BCUT2D eigenvalue weighted by molar-refractivity contribution is 0.647. The van der Waals surface area contributed by atoms with Crippen molar-refractivity contribution in [3.05, 3.63) is 0 Å². The maximum absolute atomic E-state index is 11.6. The molecule has 0 spiro atoms. The summed E-state index contributed by atoms with van der Waals surface area (Å²) in [5.41, 5.74) is 0. The normalized spacial score (nSPS) is 15.1. The summed E-state index contributed by atoms with van der Waals surface area (Å²) in [6, 6.07) is 0. The molecule has 0 radical (unpaired) electrons. The van der Waals surface area contributed by atoms with Gasteiger partial charge in [0.15, 0.2) is 5.96 Å². The van der Waals surface area contributed by atoms with Gasteiger partial charge in [-0.25, -0.2) is 0 Å². The topological polar surface area (TPSA) is 53.5 Å². The predicted molar refractivity (Wildman–Crippen MR) is 63.2 cm³/mol. The molecule has 0 aromatic carbocycles. The van der Waals surface area contributed by atoms with Crippen molar-refractivity contribution < 1.29 is 4.21 Å². The van der Waals surface area contributed by atoms with E-state index in [0.717, 1.165) is 5.96 Å². The molecule has 0 aliphatic rings. The molecule has 0 amide bonds. The summed E-state index contributed by atoms with van der Waals surface area (Å²) in [7, 11) is 2.71. The summed E-state index contributed by atoms with van der Waals surface area (Å²) < 4.78 is 11.5. The fraction of sp³-hybridized carbons (Fsp3) is 0.889. The van der Waals surface area contributed by atoms with E-state index in [-0.39, 0.29) is 4.75 Å². The van der Waals surface area contributed by atoms with Gasteiger partial charge in [-0.3, -0.25) is 9.20 Å². The Hall–Kier alpha value is -0.580. The summed E-state index contributed by atoms with van der Waals surface area (Å²) in [6.07, 6.45) is 0. The van der Waals surface area contributed by atoms with Crippen molar-refractivity contribution in [2.24, 2.45) is 4.99 Å². The highest BCUT2D eigenvalue weighted by Gasteiger charge is 2.18. The first-order valence-corrected chi connectivity index (χ1v) is 6.00. The van der Waals surface area contributed by atoms with Gasteiger partial charge in [0, 0.05) is 41.9 Å². The lowest BCUT2D eigenvalue weighted by Gasteiger charge is -2.18. The minimum atomic E-state index is -0.803. The number of hydrogen-bond acceptors (Lipinski definition) is 2. The van der Waals surface area contributed by atoms with E-state index in [4.69, 9.17) is 0 Å². The minimum absolute atomic E-state index is 0.134. The van der Waals surface area contributed by atoms with Crippen LogP contribution < -0.4 is 10.6 Å². The van der Waals surface area contributed by atoms with E-state index in [1.807, 2.05) is 20.8 Å². The lowest BCUT2D eigenvalue weighted by atomic mass is 10.3. The van der Waals surface area contributed by atoms with Crippen LogP contribution in [0.4, 0.5) is 0 Å². The van der Waals surface area contributed by atoms with Crippen molar-refractivity contribution in [3.8, 4) is 0 Å². The molecule has 0 aliphatic carbocycles. The highest BCUT2D eigenvalue weighted by atomic mass is 32.2. The summed E-state index contributed by atoms with van der Waals surface area (Å²) >= 11 is 0. The molecule has 4 nitrogen and oxygen atoms in total. The third kappa shape index (κ3) is 5.21. The van der Waals surface area contributed by atoms with Gasteiger partial charge in [0.25, 0.3) is 0 Å². The van der Waals surface area contributed by atoms with Gasteiger partial charge in [-0.2, -0.15) is 0 Å². The van der Waals surface area contributed by atoms with E-state index in [9.17, 15) is 4.21 Å². The Balaban J connectivity index is 3.81. The highest BCUT2D eigenvalue weighted by Crippen LogP contribution is 2.10. The van der Waals surface area contributed by atoms with E-state index in [1.165, 1.54) is 0 Å². The largest absolute Gasteiger partial charge is 0.359 e. The molecule has 1 unspecified atom stereocenters. The first-order valence-electron chi connectivity index (χ1n) is 4.68. The maximum Gasteiger partial charge on any atom is 0.190 e. The molecule has 0 bridgehead atoms. The first kappa shape index (κ1) is 13.4. The average Bonchev–Trinajstić information content (AvgIpc) is 2.10. The number of nitrogens with zero attached hydrogens (tertiary/aromatic N) is 1. The molecule has 0 aromatic rings. The second kappa shape index (κ2) is 6.01. The van der Waals surface area contributed by atoms with Crippen molar-refractivity contribution in [2.45, 2.75) is 25.5 Å². The zero-order chi connectivity index (χ0) is 11.2. The fourth-order valence-corrected chi connectivity index (χ4v) is 1.75. The molecule has 0 heterocycles. The number of rotatable bonds is 3. The number of aliphatic imine (C=N–C) groups is 1. The molecule has 0 saturated carbocycles. The summed E-state index contributed by atoms with van der Waals surface area (Å²) in [5, 5.41) is 5.97. The van der Waals surface area contributed by atoms with Crippen LogP contribution in [-0.4, -0.2) is 41.3 Å². The van der Waals surface area contributed by atoms with Crippen LogP contribution in [0.3, 0.4) is 0 Å². The molecule has 1 atom stereocenters. The quantitative estimate of drug-likeness (QED) is 0.531. The molecule has 5 heteroatoms. The Morgan fingerprint density at radius 3 is 2.36 bits per heavy atom. The predicted octanol–water partition coefficient (Wildman–Crippen LogP) is 0.328. The Labute approximate surface area is 89.0 Å². The lowest BCUT2D eigenvalue weighted by Crippen LogP contribution is -2.38. The van der Waals surface area contributed by atoms with Gasteiger partial charge < -0.3 is 10.6 Å². The first-order chi connectivity index (χ1) is 6.41. The molecule has 0 rings (SSSR count). The molecule has 14 heavy (non-hydrogen) atoms. The summed E-state index contributed by atoms with van der Waals surface area (Å²) in [4.78, 5) is 3.96. The van der Waals surface area contributed by atoms with Gasteiger partial charge in [-0.15, -0.1) is 0 Å². The Morgan fingerprint density at radius 2 is 2.00 bits per heavy atom. The van der Waals surface area contributed by atoms with E-state index in [0.29, 0.717) is 12.3 Å². The van der Waals surface area contributed by atoms with Crippen LogP contribution in [0.15, 0.2) is 4.99 Å².